The lowest BCUT2D eigenvalue weighted by molar-refractivity contribution is -0.137. The number of nitrogens with zero attached hydrogens (tertiary/aromatic N) is 4. The van der Waals surface area contributed by atoms with Gasteiger partial charge in [-0.05, 0) is 43.9 Å². The third kappa shape index (κ3) is 3.76. The first-order valence-corrected chi connectivity index (χ1v) is 11.6. The van der Waals surface area contributed by atoms with E-state index in [4.69, 9.17) is 21.6 Å². The molecule has 1 N–H and O–H groups in total. The van der Waals surface area contributed by atoms with E-state index in [0.29, 0.717) is 24.4 Å². The molecule has 4 heterocycles. The van der Waals surface area contributed by atoms with E-state index in [9.17, 15) is 18.0 Å². The van der Waals surface area contributed by atoms with E-state index in [0.717, 1.165) is 35.9 Å². The van der Waals surface area contributed by atoms with Gasteiger partial charge < -0.3 is 4.90 Å². The number of aromatic nitrogens is 4. The number of piperidine rings is 1. The molecule has 5 rings (SSSR count). The molecule has 2 aliphatic rings. The van der Waals surface area contributed by atoms with Gasteiger partial charge in [0.2, 0.25) is 0 Å². The van der Waals surface area contributed by atoms with Crippen LogP contribution in [0.4, 0.5) is 13.2 Å². The lowest BCUT2D eigenvalue weighted by Gasteiger charge is -2.46. The third-order valence-corrected chi connectivity index (χ3v) is 6.99. The number of carbonyl (C=O) groups excluding carboxylic acids is 1. The fourth-order valence-electron chi connectivity index (χ4n) is 5.00. The molecule has 2 unspecified atom stereocenters. The van der Waals surface area contributed by atoms with Crippen molar-refractivity contribution in [2.75, 3.05) is 0 Å². The van der Waals surface area contributed by atoms with Crippen molar-refractivity contribution in [2.24, 2.45) is 0 Å². The number of halogens is 4. The maximum atomic E-state index is 13.7. The highest BCUT2D eigenvalue weighted by Gasteiger charge is 2.44. The summed E-state index contributed by atoms with van der Waals surface area (Å²) in [5.74, 6) is 0.194. The average Bonchev–Trinajstić information content (AvgIpc) is 3.32. The predicted molar refractivity (Wildman–Crippen MR) is 120 cm³/mol. The molecule has 1 amide bonds. The van der Waals surface area contributed by atoms with Crippen LogP contribution in [0.1, 0.15) is 78.1 Å². The minimum Gasteiger partial charge on any atom is -0.327 e. The van der Waals surface area contributed by atoms with Crippen LogP contribution in [0.15, 0.2) is 30.5 Å². The second-order valence-corrected chi connectivity index (χ2v) is 9.47. The summed E-state index contributed by atoms with van der Waals surface area (Å²) in [6.07, 6.45) is -0.101. The minimum absolute atomic E-state index is 0.0476. The number of benzene rings is 1. The van der Waals surface area contributed by atoms with E-state index in [1.807, 2.05) is 19.9 Å². The first kappa shape index (κ1) is 22.8. The van der Waals surface area contributed by atoms with Crippen molar-refractivity contribution in [3.8, 4) is 11.4 Å². The second-order valence-electron chi connectivity index (χ2n) is 9.09. The fraction of sp³-hybridized carbons (Fsp3) is 0.417. The van der Waals surface area contributed by atoms with Crippen molar-refractivity contribution in [3.05, 3.63) is 63.7 Å². The van der Waals surface area contributed by atoms with Gasteiger partial charge >= 0.3 is 6.18 Å². The van der Waals surface area contributed by atoms with Gasteiger partial charge in [0, 0.05) is 23.7 Å². The Hall–Kier alpha value is -2.94. The van der Waals surface area contributed by atoms with Crippen LogP contribution in [0.3, 0.4) is 0 Å². The van der Waals surface area contributed by atoms with Crippen LogP contribution in [0.5, 0.6) is 0 Å². The van der Waals surface area contributed by atoms with E-state index < -0.39 is 22.7 Å². The van der Waals surface area contributed by atoms with Gasteiger partial charge in [0.05, 0.1) is 33.6 Å². The topological polar surface area (TPSA) is 74.8 Å². The van der Waals surface area contributed by atoms with Gasteiger partial charge in [-0.1, -0.05) is 31.5 Å². The number of hydrogen-bond donors (Lipinski definition) is 1. The van der Waals surface area contributed by atoms with Crippen molar-refractivity contribution < 1.29 is 18.0 Å². The molecule has 1 fully saturated rings. The maximum Gasteiger partial charge on any atom is 0.417 e. The van der Waals surface area contributed by atoms with Crippen LogP contribution in [0.2, 0.25) is 5.02 Å². The Bertz CT molecular complexity index is 1240. The standard InChI is InChI=1S/C24H23ClF3N5O/c1-12(2)22-30-20(17-9-10-29-32-17)15-11-13-5-3-8-18(21(15)31-22)33(13)23(34)14-6-4-7-16(19(14)25)24(26,27)28/h4,6-7,9-10,12-13,18H,3,5,8,11H2,1-2H3,(H,29,32). The monoisotopic (exact) mass is 489 g/mol. The Labute approximate surface area is 199 Å². The molecule has 1 aromatic carbocycles. The highest BCUT2D eigenvalue weighted by molar-refractivity contribution is 6.34. The normalized spacial score (nSPS) is 19.9. The SMILES string of the molecule is CC(C)c1nc(-c2cc[nH]n2)c2c(n1)C1CCCC(C2)N1C(=O)c1cccc(C(F)(F)F)c1Cl. The van der Waals surface area contributed by atoms with Gasteiger partial charge in [0.1, 0.15) is 11.5 Å². The van der Waals surface area contributed by atoms with Crippen molar-refractivity contribution >= 4 is 17.5 Å². The van der Waals surface area contributed by atoms with Gasteiger partial charge in [-0.25, -0.2) is 9.97 Å². The summed E-state index contributed by atoms with van der Waals surface area (Å²) in [6.45, 7) is 3.99. The molecule has 0 spiro atoms. The molecular formula is C24H23ClF3N5O. The zero-order chi connectivity index (χ0) is 24.2. The quantitative estimate of drug-likeness (QED) is 0.493. The van der Waals surface area contributed by atoms with Gasteiger partial charge in [0.15, 0.2) is 0 Å². The van der Waals surface area contributed by atoms with Crippen molar-refractivity contribution in [2.45, 2.75) is 63.7 Å². The van der Waals surface area contributed by atoms with Crippen LogP contribution in [0, 0.1) is 0 Å². The number of nitrogens with one attached hydrogen (secondary N) is 1. The molecule has 2 aromatic heterocycles. The van der Waals surface area contributed by atoms with E-state index in [1.165, 1.54) is 12.1 Å². The number of amides is 1. The van der Waals surface area contributed by atoms with Crippen LogP contribution in [-0.4, -0.2) is 37.0 Å². The molecule has 2 bridgehead atoms. The Morgan fingerprint density at radius 3 is 2.68 bits per heavy atom. The van der Waals surface area contributed by atoms with Crippen molar-refractivity contribution in [3.63, 3.8) is 0 Å². The number of carbonyl (C=O) groups is 1. The molecule has 10 heteroatoms. The molecule has 34 heavy (non-hydrogen) atoms. The Morgan fingerprint density at radius 2 is 2.00 bits per heavy atom. The van der Waals surface area contributed by atoms with Crippen molar-refractivity contribution in [1.82, 2.24) is 25.1 Å². The predicted octanol–water partition coefficient (Wildman–Crippen LogP) is 5.95. The summed E-state index contributed by atoms with van der Waals surface area (Å²) in [5.41, 5.74) is 2.01. The number of rotatable bonds is 3. The molecule has 2 aliphatic heterocycles. The van der Waals surface area contributed by atoms with Crippen LogP contribution >= 0.6 is 11.6 Å². The smallest absolute Gasteiger partial charge is 0.327 e. The zero-order valence-electron chi connectivity index (χ0n) is 18.7. The van der Waals surface area contributed by atoms with E-state index in [1.54, 1.807) is 11.1 Å². The summed E-state index contributed by atoms with van der Waals surface area (Å²) in [5, 5.41) is 6.58. The van der Waals surface area contributed by atoms with Gasteiger partial charge in [-0.3, -0.25) is 9.89 Å². The maximum absolute atomic E-state index is 13.7. The Balaban J connectivity index is 1.63. The third-order valence-electron chi connectivity index (χ3n) is 6.58. The summed E-state index contributed by atoms with van der Waals surface area (Å²) in [4.78, 5) is 25.0. The average molecular weight is 490 g/mol. The second kappa shape index (κ2) is 8.37. The highest BCUT2D eigenvalue weighted by atomic mass is 35.5. The van der Waals surface area contributed by atoms with E-state index >= 15 is 0 Å². The largest absolute Gasteiger partial charge is 0.417 e. The molecule has 178 valence electrons. The summed E-state index contributed by atoms with van der Waals surface area (Å²) >= 11 is 6.12. The number of fused-ring (bicyclic) bond motifs is 4. The van der Waals surface area contributed by atoms with Gasteiger partial charge in [0.25, 0.3) is 5.91 Å². The molecule has 2 atom stereocenters. The first-order chi connectivity index (χ1) is 16.2. The first-order valence-electron chi connectivity index (χ1n) is 11.3. The summed E-state index contributed by atoms with van der Waals surface area (Å²) in [7, 11) is 0. The minimum atomic E-state index is -4.64. The fourth-order valence-corrected chi connectivity index (χ4v) is 5.32. The number of alkyl halides is 3. The molecule has 0 radical (unpaired) electrons. The van der Waals surface area contributed by atoms with Crippen LogP contribution in [0.25, 0.3) is 11.4 Å². The Morgan fingerprint density at radius 1 is 1.21 bits per heavy atom. The zero-order valence-corrected chi connectivity index (χ0v) is 19.4. The summed E-state index contributed by atoms with van der Waals surface area (Å²) in [6, 6.07) is 4.78. The summed E-state index contributed by atoms with van der Waals surface area (Å²) < 4.78 is 40.3. The van der Waals surface area contributed by atoms with Gasteiger partial charge in [-0.2, -0.15) is 18.3 Å². The highest BCUT2D eigenvalue weighted by Crippen LogP contribution is 2.45. The van der Waals surface area contributed by atoms with Gasteiger partial charge in [-0.15, -0.1) is 0 Å². The van der Waals surface area contributed by atoms with Crippen LogP contribution in [-0.2, 0) is 12.6 Å². The molecule has 3 aromatic rings. The van der Waals surface area contributed by atoms with Crippen molar-refractivity contribution in [1.29, 1.82) is 0 Å². The number of H-pyrrole nitrogens is 1. The molecule has 0 aliphatic carbocycles. The molecule has 1 saturated heterocycles. The Kier molecular flexibility index (Phi) is 5.62. The van der Waals surface area contributed by atoms with E-state index in [-0.39, 0.29) is 23.6 Å². The lowest BCUT2D eigenvalue weighted by atomic mass is 9.81. The number of hydrogen-bond acceptors (Lipinski definition) is 4. The molecule has 0 saturated carbocycles. The molecular weight excluding hydrogens is 467 g/mol. The van der Waals surface area contributed by atoms with Crippen LogP contribution < -0.4 is 0 Å². The number of aromatic amines is 1. The molecule has 6 nitrogen and oxygen atoms in total. The lowest BCUT2D eigenvalue weighted by Crippen LogP contribution is -2.50. The van der Waals surface area contributed by atoms with E-state index in [2.05, 4.69) is 10.2 Å².